The highest BCUT2D eigenvalue weighted by atomic mass is 35.5. The first-order chi connectivity index (χ1) is 14.5. The molecule has 1 aromatic heterocycles. The molecule has 0 N–H and O–H groups in total. The maximum atomic E-state index is 14.1. The Kier molecular flexibility index (Phi) is 6.62. The second-order valence-corrected chi connectivity index (χ2v) is 10.8. The number of carbonyl (C=O) groups is 1. The molecular weight excluding hydrogens is 433 g/mol. The summed E-state index contributed by atoms with van der Waals surface area (Å²) in [5.74, 6) is 2.23. The fourth-order valence-electron chi connectivity index (χ4n) is 6.73. The van der Waals surface area contributed by atoms with E-state index < -0.39 is 0 Å². The van der Waals surface area contributed by atoms with Gasteiger partial charge in [0.1, 0.15) is 5.82 Å². The quantitative estimate of drug-likeness (QED) is 0.522. The molecule has 0 radical (unpaired) electrons. The van der Waals surface area contributed by atoms with Gasteiger partial charge in [0.15, 0.2) is 5.13 Å². The number of fused-ring (bicyclic) bond motifs is 1. The van der Waals surface area contributed by atoms with Crippen molar-refractivity contribution in [2.24, 2.45) is 23.2 Å². The van der Waals surface area contributed by atoms with Crippen LogP contribution in [0.2, 0.25) is 0 Å². The zero-order chi connectivity index (χ0) is 20.9. The molecule has 4 aliphatic carbocycles. The van der Waals surface area contributed by atoms with Crippen molar-refractivity contribution in [2.45, 2.75) is 52.4 Å². The number of hydrogen-bond donors (Lipinski definition) is 0. The van der Waals surface area contributed by atoms with Crippen LogP contribution in [-0.4, -0.2) is 42.0 Å². The number of hydrogen-bond acceptors (Lipinski definition) is 4. The minimum Gasteiger partial charge on any atom is -0.302 e. The van der Waals surface area contributed by atoms with Gasteiger partial charge in [-0.05, 0) is 87.6 Å². The molecule has 4 fully saturated rings. The van der Waals surface area contributed by atoms with Crippen molar-refractivity contribution in [3.05, 3.63) is 24.0 Å². The second-order valence-electron chi connectivity index (χ2n) is 9.79. The molecule has 0 saturated heterocycles. The van der Waals surface area contributed by atoms with Crippen LogP contribution < -0.4 is 4.90 Å². The third kappa shape index (κ3) is 4.23. The average Bonchev–Trinajstić information content (AvgIpc) is 3.12. The van der Waals surface area contributed by atoms with E-state index in [1.165, 1.54) is 42.7 Å². The van der Waals surface area contributed by atoms with Gasteiger partial charge in [-0.15, -0.1) is 12.4 Å². The van der Waals surface area contributed by atoms with Crippen LogP contribution in [0, 0.1) is 29.0 Å². The summed E-state index contributed by atoms with van der Waals surface area (Å²) in [6.07, 6.45) is 7.14. The van der Waals surface area contributed by atoms with Gasteiger partial charge in [-0.3, -0.25) is 9.69 Å². The van der Waals surface area contributed by atoms with Gasteiger partial charge >= 0.3 is 0 Å². The predicted molar refractivity (Wildman–Crippen MR) is 128 cm³/mol. The summed E-state index contributed by atoms with van der Waals surface area (Å²) in [6.45, 7) is 7.77. The minimum absolute atomic E-state index is 0. The molecular formula is C24H33ClFN3OS. The highest BCUT2D eigenvalue weighted by molar-refractivity contribution is 7.22. The number of aromatic nitrogens is 1. The first-order valence-corrected chi connectivity index (χ1v) is 12.4. The Morgan fingerprint density at radius 3 is 2.29 bits per heavy atom. The fraction of sp³-hybridized carbons (Fsp3) is 0.667. The standard InChI is InChI=1S/C24H32FN3OS.ClH/c1-3-27(4-2)7-8-28(23-26-20-6-5-19(25)12-21(20)30-23)22(29)24-13-16-9-17(14-24)11-18(10-16)15-24;/h5-6,12,16-18H,3-4,7-11,13-15H2,1-2H3;1H. The lowest BCUT2D eigenvalue weighted by Gasteiger charge is -2.56. The number of thiazole rings is 1. The Morgan fingerprint density at radius 2 is 1.71 bits per heavy atom. The van der Waals surface area contributed by atoms with E-state index >= 15 is 0 Å². The lowest BCUT2D eigenvalue weighted by atomic mass is 9.49. The summed E-state index contributed by atoms with van der Waals surface area (Å²) in [5, 5.41) is 0.739. The third-order valence-corrected chi connectivity index (χ3v) is 8.88. The summed E-state index contributed by atoms with van der Waals surface area (Å²) in [5.41, 5.74) is 0.587. The zero-order valence-corrected chi connectivity index (χ0v) is 20.1. The van der Waals surface area contributed by atoms with Crippen molar-refractivity contribution in [3.8, 4) is 0 Å². The van der Waals surface area contributed by atoms with E-state index in [1.54, 1.807) is 6.07 Å². The van der Waals surface area contributed by atoms with Gasteiger partial charge in [0.25, 0.3) is 0 Å². The summed E-state index contributed by atoms with van der Waals surface area (Å²) < 4.78 is 14.6. The Hall–Kier alpha value is -1.24. The van der Waals surface area contributed by atoms with E-state index in [0.29, 0.717) is 6.54 Å². The molecule has 1 heterocycles. The number of rotatable bonds is 7. The van der Waals surface area contributed by atoms with E-state index in [9.17, 15) is 9.18 Å². The molecule has 0 aliphatic heterocycles. The van der Waals surface area contributed by atoms with Gasteiger partial charge < -0.3 is 4.90 Å². The predicted octanol–water partition coefficient (Wildman–Crippen LogP) is 5.75. The molecule has 4 aliphatic rings. The SMILES string of the molecule is CCN(CC)CCN(C(=O)C12CC3CC(CC(C3)C1)C2)c1nc2ccc(F)cc2s1.Cl. The first kappa shape index (κ1) is 22.9. The highest BCUT2D eigenvalue weighted by Crippen LogP contribution is 2.60. The summed E-state index contributed by atoms with van der Waals surface area (Å²) in [4.78, 5) is 23.2. The number of benzene rings is 1. The molecule has 4 nitrogen and oxygen atoms in total. The number of carbonyl (C=O) groups excluding carboxylic acids is 1. The van der Waals surface area contributed by atoms with E-state index in [2.05, 4.69) is 18.7 Å². The number of anilines is 1. The molecule has 1 aromatic carbocycles. The Balaban J connectivity index is 0.00000231. The molecule has 7 heteroatoms. The summed E-state index contributed by atoms with van der Waals surface area (Å²) in [7, 11) is 0. The van der Waals surface area contributed by atoms with Crippen LogP contribution in [0.1, 0.15) is 52.4 Å². The van der Waals surface area contributed by atoms with E-state index in [0.717, 1.165) is 72.0 Å². The van der Waals surface area contributed by atoms with Crippen LogP contribution in [0.25, 0.3) is 10.2 Å². The molecule has 6 rings (SSSR count). The molecule has 2 aromatic rings. The zero-order valence-electron chi connectivity index (χ0n) is 18.5. The molecule has 0 spiro atoms. The summed E-state index contributed by atoms with van der Waals surface area (Å²) in [6, 6.07) is 4.71. The normalized spacial score (nSPS) is 28.8. The topological polar surface area (TPSA) is 36.4 Å². The Labute approximate surface area is 194 Å². The highest BCUT2D eigenvalue weighted by Gasteiger charge is 2.56. The van der Waals surface area contributed by atoms with Gasteiger partial charge in [-0.2, -0.15) is 0 Å². The van der Waals surface area contributed by atoms with Crippen LogP contribution in [0.3, 0.4) is 0 Å². The van der Waals surface area contributed by atoms with Crippen LogP contribution in [-0.2, 0) is 4.79 Å². The Bertz CT molecular complexity index is 909. The van der Waals surface area contributed by atoms with Crippen molar-refractivity contribution in [3.63, 3.8) is 0 Å². The number of nitrogens with zero attached hydrogens (tertiary/aromatic N) is 3. The lowest BCUT2D eigenvalue weighted by Crippen LogP contribution is -2.55. The van der Waals surface area contributed by atoms with Crippen molar-refractivity contribution in [2.75, 3.05) is 31.1 Å². The smallest absolute Gasteiger partial charge is 0.235 e. The molecule has 170 valence electrons. The second kappa shape index (κ2) is 8.95. The third-order valence-electron chi connectivity index (χ3n) is 7.84. The molecule has 31 heavy (non-hydrogen) atoms. The maximum absolute atomic E-state index is 14.1. The monoisotopic (exact) mass is 465 g/mol. The van der Waals surface area contributed by atoms with E-state index in [4.69, 9.17) is 4.98 Å². The Morgan fingerprint density at radius 1 is 1.10 bits per heavy atom. The number of halogens is 2. The molecule has 0 unspecified atom stereocenters. The van der Waals surface area contributed by atoms with Gasteiger partial charge in [0.2, 0.25) is 5.91 Å². The number of amides is 1. The van der Waals surface area contributed by atoms with Gasteiger partial charge in [-0.25, -0.2) is 9.37 Å². The molecule has 1 amide bonds. The first-order valence-electron chi connectivity index (χ1n) is 11.6. The summed E-state index contributed by atoms with van der Waals surface area (Å²) >= 11 is 1.45. The lowest BCUT2D eigenvalue weighted by molar-refractivity contribution is -0.143. The van der Waals surface area contributed by atoms with Gasteiger partial charge in [0, 0.05) is 13.1 Å². The number of likely N-dealkylation sites (N-methyl/N-ethyl adjacent to an activating group) is 1. The average molecular weight is 466 g/mol. The van der Waals surface area contributed by atoms with Crippen molar-refractivity contribution in [1.82, 2.24) is 9.88 Å². The van der Waals surface area contributed by atoms with Crippen molar-refractivity contribution < 1.29 is 9.18 Å². The largest absolute Gasteiger partial charge is 0.302 e. The fourth-order valence-corrected chi connectivity index (χ4v) is 7.74. The van der Waals surface area contributed by atoms with E-state index in [1.807, 2.05) is 4.90 Å². The van der Waals surface area contributed by atoms with Crippen LogP contribution >= 0.6 is 23.7 Å². The maximum Gasteiger partial charge on any atom is 0.235 e. The van der Waals surface area contributed by atoms with Crippen molar-refractivity contribution in [1.29, 1.82) is 0 Å². The molecule has 0 atom stereocenters. The van der Waals surface area contributed by atoms with Crippen LogP contribution in [0.5, 0.6) is 0 Å². The van der Waals surface area contributed by atoms with Crippen molar-refractivity contribution >= 4 is 45.0 Å². The van der Waals surface area contributed by atoms with Crippen LogP contribution in [0.15, 0.2) is 18.2 Å². The van der Waals surface area contributed by atoms with Gasteiger partial charge in [0.05, 0.1) is 15.6 Å². The van der Waals surface area contributed by atoms with Crippen LogP contribution in [0.4, 0.5) is 9.52 Å². The van der Waals surface area contributed by atoms with E-state index in [-0.39, 0.29) is 29.5 Å². The molecule has 4 saturated carbocycles. The minimum atomic E-state index is -0.250. The van der Waals surface area contributed by atoms with Gasteiger partial charge in [-0.1, -0.05) is 25.2 Å². The molecule has 4 bridgehead atoms.